The highest BCUT2D eigenvalue weighted by Gasteiger charge is 2.31. The number of piperidine rings is 1. The predicted molar refractivity (Wildman–Crippen MR) is 103 cm³/mol. The summed E-state index contributed by atoms with van der Waals surface area (Å²) in [6, 6.07) is 7.85. The molecule has 136 valence electrons. The van der Waals surface area contributed by atoms with Gasteiger partial charge in [0.05, 0.1) is 0 Å². The zero-order valence-electron chi connectivity index (χ0n) is 15.6. The van der Waals surface area contributed by atoms with Gasteiger partial charge in [-0.05, 0) is 75.6 Å². The maximum atomic E-state index is 12.3. The van der Waals surface area contributed by atoms with E-state index in [1.54, 1.807) is 0 Å². The van der Waals surface area contributed by atoms with Crippen LogP contribution in [0.5, 0.6) is 0 Å². The zero-order chi connectivity index (χ0) is 17.4. The molecule has 1 amide bonds. The molecule has 25 heavy (non-hydrogen) atoms. The van der Waals surface area contributed by atoms with E-state index in [4.69, 9.17) is 0 Å². The third kappa shape index (κ3) is 3.84. The highest BCUT2D eigenvalue weighted by Crippen LogP contribution is 2.36. The summed E-state index contributed by atoms with van der Waals surface area (Å²) in [6.45, 7) is 7.86. The van der Waals surface area contributed by atoms with E-state index >= 15 is 0 Å². The second-order valence-electron chi connectivity index (χ2n) is 8.34. The van der Waals surface area contributed by atoms with Crippen molar-refractivity contribution in [2.45, 2.75) is 64.5 Å². The molecule has 0 radical (unpaired) electrons. The molecule has 1 N–H and O–H groups in total. The molecular weight excluding hydrogens is 310 g/mol. The normalized spacial score (nSPS) is 22.4. The lowest BCUT2D eigenvalue weighted by Gasteiger charge is -2.35. The van der Waals surface area contributed by atoms with Gasteiger partial charge < -0.3 is 15.1 Å². The van der Waals surface area contributed by atoms with Crippen LogP contribution < -0.4 is 10.2 Å². The van der Waals surface area contributed by atoms with Crippen LogP contribution >= 0.6 is 0 Å². The first-order valence-corrected chi connectivity index (χ1v) is 10.0. The number of likely N-dealkylation sites (tertiary alicyclic amines) is 1. The topological polar surface area (TPSA) is 35.6 Å². The van der Waals surface area contributed by atoms with E-state index in [2.05, 4.69) is 42.3 Å². The first-order valence-electron chi connectivity index (χ1n) is 10.0. The number of anilines is 2. The summed E-state index contributed by atoms with van der Waals surface area (Å²) in [7, 11) is 0. The predicted octanol–water partition coefficient (Wildman–Crippen LogP) is 3.66. The van der Waals surface area contributed by atoms with Crippen molar-refractivity contribution in [3.63, 3.8) is 0 Å². The number of benzene rings is 1. The van der Waals surface area contributed by atoms with Crippen LogP contribution in [0.3, 0.4) is 0 Å². The van der Waals surface area contributed by atoms with E-state index in [-0.39, 0.29) is 0 Å². The Labute approximate surface area is 151 Å². The number of nitrogens with zero attached hydrogens (tertiary/aromatic N) is 2. The Balaban J connectivity index is 1.42. The number of hydrogen-bond donors (Lipinski definition) is 1. The number of hydrogen-bond acceptors (Lipinski definition) is 3. The molecule has 4 heteroatoms. The minimum absolute atomic E-state index is 0.307. The summed E-state index contributed by atoms with van der Waals surface area (Å²) < 4.78 is 0. The van der Waals surface area contributed by atoms with Gasteiger partial charge in [0.1, 0.15) is 0 Å². The Morgan fingerprint density at radius 1 is 1.12 bits per heavy atom. The quantitative estimate of drug-likeness (QED) is 0.888. The van der Waals surface area contributed by atoms with Crippen molar-refractivity contribution < 1.29 is 4.79 Å². The van der Waals surface area contributed by atoms with Gasteiger partial charge in [0.2, 0.25) is 5.91 Å². The van der Waals surface area contributed by atoms with E-state index < -0.39 is 0 Å². The van der Waals surface area contributed by atoms with Crippen molar-refractivity contribution in [1.29, 1.82) is 0 Å². The summed E-state index contributed by atoms with van der Waals surface area (Å²) in [6.07, 6.45) is 6.54. The lowest BCUT2D eigenvalue weighted by Crippen LogP contribution is -2.42. The molecule has 3 aliphatic rings. The van der Waals surface area contributed by atoms with Crippen molar-refractivity contribution >= 4 is 17.3 Å². The second kappa shape index (κ2) is 6.99. The molecule has 0 atom stereocenters. The van der Waals surface area contributed by atoms with E-state index in [1.165, 1.54) is 50.0 Å². The van der Waals surface area contributed by atoms with E-state index in [0.717, 1.165) is 24.6 Å². The molecule has 1 aliphatic carbocycles. The third-order valence-corrected chi connectivity index (χ3v) is 6.05. The molecule has 2 fully saturated rings. The number of aryl methyl sites for hydroxylation is 1. The fraction of sp³-hybridized carbons (Fsp3) is 0.667. The van der Waals surface area contributed by atoms with Gasteiger partial charge in [-0.25, -0.2) is 0 Å². The van der Waals surface area contributed by atoms with Gasteiger partial charge in [-0.2, -0.15) is 0 Å². The van der Waals surface area contributed by atoms with Gasteiger partial charge in [-0.1, -0.05) is 0 Å². The van der Waals surface area contributed by atoms with Crippen LogP contribution in [0.1, 0.15) is 51.5 Å². The van der Waals surface area contributed by atoms with Gasteiger partial charge in [0.25, 0.3) is 0 Å². The fourth-order valence-corrected chi connectivity index (χ4v) is 4.20. The number of carbonyl (C=O) groups is 1. The molecule has 1 saturated carbocycles. The zero-order valence-corrected chi connectivity index (χ0v) is 15.6. The van der Waals surface area contributed by atoms with Gasteiger partial charge in [0.15, 0.2) is 0 Å². The van der Waals surface area contributed by atoms with Crippen molar-refractivity contribution in [3.8, 4) is 0 Å². The monoisotopic (exact) mass is 341 g/mol. The molecule has 0 unspecified atom stereocenters. The summed E-state index contributed by atoms with van der Waals surface area (Å²) in [5.41, 5.74) is 3.72. The van der Waals surface area contributed by atoms with Crippen LogP contribution in [-0.4, -0.2) is 42.5 Å². The first kappa shape index (κ1) is 16.9. The molecule has 4 nitrogen and oxygen atoms in total. The molecule has 0 aromatic heterocycles. The largest absolute Gasteiger partial charge is 0.382 e. The number of carbonyl (C=O) groups excluding carboxylic acids is 1. The lowest BCUT2D eigenvalue weighted by atomic mass is 9.99. The maximum Gasteiger partial charge on any atom is 0.227 e. The number of amides is 1. The lowest BCUT2D eigenvalue weighted by molar-refractivity contribution is -0.118. The minimum atomic E-state index is 0.307. The molecule has 0 spiro atoms. The molecule has 2 heterocycles. The van der Waals surface area contributed by atoms with Gasteiger partial charge in [-0.3, -0.25) is 4.79 Å². The SMILES string of the molecule is CC(C)N1CCC(Nc2ccc3c(c2)CCC(=O)N3CC2CC2)CC1. The minimum Gasteiger partial charge on any atom is -0.382 e. The molecule has 4 rings (SSSR count). The van der Waals surface area contributed by atoms with Crippen LogP contribution in [0.4, 0.5) is 11.4 Å². The van der Waals surface area contributed by atoms with Gasteiger partial charge >= 0.3 is 0 Å². The Hall–Kier alpha value is -1.55. The average molecular weight is 341 g/mol. The van der Waals surface area contributed by atoms with Crippen molar-refractivity contribution in [3.05, 3.63) is 23.8 Å². The summed E-state index contributed by atoms with van der Waals surface area (Å²) >= 11 is 0. The molecule has 0 bridgehead atoms. The third-order valence-electron chi connectivity index (χ3n) is 6.05. The van der Waals surface area contributed by atoms with E-state index in [1.807, 2.05) is 4.90 Å². The number of fused-ring (bicyclic) bond motifs is 1. The first-order chi connectivity index (χ1) is 12.1. The maximum absolute atomic E-state index is 12.3. The molecular formula is C21H31N3O. The van der Waals surface area contributed by atoms with Crippen LogP contribution in [-0.2, 0) is 11.2 Å². The molecule has 2 aliphatic heterocycles. The Bertz CT molecular complexity index is 630. The summed E-state index contributed by atoms with van der Waals surface area (Å²) in [4.78, 5) is 16.9. The number of nitrogens with one attached hydrogen (secondary N) is 1. The van der Waals surface area contributed by atoms with Crippen LogP contribution in [0.25, 0.3) is 0 Å². The van der Waals surface area contributed by atoms with Crippen molar-refractivity contribution in [2.24, 2.45) is 5.92 Å². The standard InChI is InChI=1S/C21H31N3O/c1-15(2)23-11-9-18(10-12-23)22-19-6-7-20-17(13-19)5-8-21(25)24(20)14-16-3-4-16/h6-7,13,15-16,18,22H,3-5,8-12,14H2,1-2H3. The molecule has 1 aromatic rings. The smallest absolute Gasteiger partial charge is 0.227 e. The van der Waals surface area contributed by atoms with Crippen molar-refractivity contribution in [2.75, 3.05) is 29.9 Å². The highest BCUT2D eigenvalue weighted by molar-refractivity contribution is 5.96. The second-order valence-corrected chi connectivity index (χ2v) is 8.34. The van der Waals surface area contributed by atoms with E-state index in [0.29, 0.717) is 24.4 Å². The Morgan fingerprint density at radius 2 is 1.88 bits per heavy atom. The Kier molecular flexibility index (Phi) is 4.72. The summed E-state index contributed by atoms with van der Waals surface area (Å²) in [5.74, 6) is 1.04. The highest BCUT2D eigenvalue weighted by atomic mass is 16.2. The van der Waals surface area contributed by atoms with E-state index in [9.17, 15) is 4.79 Å². The average Bonchev–Trinajstić information content (AvgIpc) is 3.42. The van der Waals surface area contributed by atoms with Crippen LogP contribution in [0.15, 0.2) is 18.2 Å². The van der Waals surface area contributed by atoms with Gasteiger partial charge in [-0.15, -0.1) is 0 Å². The number of rotatable bonds is 5. The van der Waals surface area contributed by atoms with Crippen molar-refractivity contribution in [1.82, 2.24) is 4.90 Å². The summed E-state index contributed by atoms with van der Waals surface area (Å²) in [5, 5.41) is 3.74. The molecule has 1 aromatic carbocycles. The van der Waals surface area contributed by atoms with Crippen LogP contribution in [0.2, 0.25) is 0 Å². The van der Waals surface area contributed by atoms with Crippen LogP contribution in [0, 0.1) is 5.92 Å². The van der Waals surface area contributed by atoms with Gasteiger partial charge in [0, 0.05) is 49.5 Å². The Morgan fingerprint density at radius 3 is 2.56 bits per heavy atom. The fourth-order valence-electron chi connectivity index (χ4n) is 4.20. The molecule has 1 saturated heterocycles.